The zero-order valence-electron chi connectivity index (χ0n) is 16.4. The van der Waals surface area contributed by atoms with Crippen LogP contribution >= 0.6 is 0 Å². The van der Waals surface area contributed by atoms with E-state index in [1.54, 1.807) is 6.08 Å². The molecule has 1 aliphatic rings. The topological polar surface area (TPSA) is 74.0 Å². The summed E-state index contributed by atoms with van der Waals surface area (Å²) in [5.41, 5.74) is 3.88. The van der Waals surface area contributed by atoms with Gasteiger partial charge in [-0.1, -0.05) is 48.5 Å². The Morgan fingerprint density at radius 2 is 1.83 bits per heavy atom. The molecule has 1 atom stereocenters. The van der Waals surface area contributed by atoms with E-state index in [4.69, 9.17) is 0 Å². The number of H-pyrrole nitrogens is 1. The summed E-state index contributed by atoms with van der Waals surface area (Å²) < 4.78 is 0. The van der Waals surface area contributed by atoms with Gasteiger partial charge in [-0.2, -0.15) is 0 Å². The fourth-order valence-electron chi connectivity index (χ4n) is 3.45. The second-order valence-electron chi connectivity index (χ2n) is 7.60. The van der Waals surface area contributed by atoms with Gasteiger partial charge in [0.25, 0.3) is 0 Å². The molecule has 0 radical (unpaired) electrons. The minimum absolute atomic E-state index is 0.128. The van der Waals surface area contributed by atoms with E-state index in [1.165, 1.54) is 0 Å². The molecule has 5 nitrogen and oxygen atoms in total. The largest absolute Gasteiger partial charge is 0.361 e. The van der Waals surface area contributed by atoms with Crippen molar-refractivity contribution in [3.8, 4) is 0 Å². The Hall–Kier alpha value is -3.34. The summed E-state index contributed by atoms with van der Waals surface area (Å²) >= 11 is 0. The molecule has 0 bridgehead atoms. The first-order valence-electron chi connectivity index (χ1n) is 10.00. The van der Waals surface area contributed by atoms with E-state index in [1.807, 2.05) is 67.7 Å². The number of amides is 2. The number of fused-ring (bicyclic) bond motifs is 1. The summed E-state index contributed by atoms with van der Waals surface area (Å²) in [6.45, 7) is 1.90. The summed E-state index contributed by atoms with van der Waals surface area (Å²) in [6, 6.07) is 17.3. The monoisotopic (exact) mass is 387 g/mol. The number of para-hydroxylation sites is 1. The first-order chi connectivity index (χ1) is 14.1. The smallest absolute Gasteiger partial charge is 0.244 e. The van der Waals surface area contributed by atoms with E-state index < -0.39 is 6.04 Å². The molecule has 1 aromatic heterocycles. The van der Waals surface area contributed by atoms with Gasteiger partial charge >= 0.3 is 0 Å². The normalized spacial score (nSPS) is 15.1. The highest BCUT2D eigenvalue weighted by molar-refractivity contribution is 5.98. The second kappa shape index (κ2) is 8.35. The number of benzene rings is 2. The Labute approximate surface area is 170 Å². The zero-order chi connectivity index (χ0) is 20.2. The molecule has 0 saturated heterocycles. The highest BCUT2D eigenvalue weighted by Crippen LogP contribution is 2.21. The molecule has 1 fully saturated rings. The van der Waals surface area contributed by atoms with Crippen LogP contribution < -0.4 is 10.6 Å². The molecule has 3 N–H and O–H groups in total. The summed E-state index contributed by atoms with van der Waals surface area (Å²) in [6.07, 6.45) is 5.92. The summed E-state index contributed by atoms with van der Waals surface area (Å²) in [4.78, 5) is 28.7. The third-order valence-electron chi connectivity index (χ3n) is 5.23. The number of nitrogens with one attached hydrogen (secondary N) is 3. The summed E-state index contributed by atoms with van der Waals surface area (Å²) in [5, 5.41) is 7.00. The lowest BCUT2D eigenvalue weighted by atomic mass is 10.0. The second-order valence-corrected chi connectivity index (χ2v) is 7.60. The fraction of sp³-hybridized carbons (Fsp3) is 0.250. The molecule has 4 rings (SSSR count). The summed E-state index contributed by atoms with van der Waals surface area (Å²) in [7, 11) is 0. The lowest BCUT2D eigenvalue weighted by Gasteiger charge is -2.18. The van der Waals surface area contributed by atoms with Gasteiger partial charge in [0, 0.05) is 35.6 Å². The van der Waals surface area contributed by atoms with Crippen molar-refractivity contribution in [3.05, 3.63) is 78.0 Å². The molecule has 3 aromatic rings. The van der Waals surface area contributed by atoms with E-state index in [0.29, 0.717) is 6.42 Å². The number of aromatic nitrogens is 1. The van der Waals surface area contributed by atoms with Gasteiger partial charge in [-0.15, -0.1) is 0 Å². The predicted octanol–water partition coefficient (Wildman–Crippen LogP) is 3.58. The average molecular weight is 387 g/mol. The standard InChI is InChI=1S/C24H25N3O2/c1-16(17-7-3-2-4-8-17)13-23(28)27-22(24(29)26-19-11-12-19)14-18-15-25-21-10-6-5-9-20(18)21/h2-10,13,15,19,22,25H,11-12,14H2,1H3,(H,26,29)(H,27,28)/b16-13+/t22-/m0/s1. The van der Waals surface area contributed by atoms with E-state index >= 15 is 0 Å². The molecule has 0 aliphatic heterocycles. The maximum absolute atomic E-state index is 12.8. The van der Waals surface area contributed by atoms with Crippen LogP contribution in [0.5, 0.6) is 0 Å². The van der Waals surface area contributed by atoms with Crippen molar-refractivity contribution in [2.75, 3.05) is 0 Å². The molecular weight excluding hydrogens is 362 g/mol. The van der Waals surface area contributed by atoms with Gasteiger partial charge in [0.2, 0.25) is 11.8 Å². The lowest BCUT2D eigenvalue weighted by Crippen LogP contribution is -2.48. The van der Waals surface area contributed by atoms with Crippen LogP contribution in [0.4, 0.5) is 0 Å². The number of hydrogen-bond acceptors (Lipinski definition) is 2. The van der Waals surface area contributed by atoms with Crippen molar-refractivity contribution in [2.45, 2.75) is 38.3 Å². The van der Waals surface area contributed by atoms with E-state index in [0.717, 1.165) is 40.4 Å². The SMILES string of the molecule is C/C(=C\C(=O)N[C@@H](Cc1c[nH]c2ccccc12)C(=O)NC1CC1)c1ccccc1. The average Bonchev–Trinajstić information content (AvgIpc) is 3.46. The Morgan fingerprint density at radius 1 is 1.10 bits per heavy atom. The van der Waals surface area contributed by atoms with Crippen LogP contribution in [-0.2, 0) is 16.0 Å². The number of carbonyl (C=O) groups excluding carboxylic acids is 2. The minimum atomic E-state index is -0.623. The molecule has 148 valence electrons. The first kappa shape index (κ1) is 19.0. The van der Waals surface area contributed by atoms with Crippen LogP contribution in [0.25, 0.3) is 16.5 Å². The lowest BCUT2D eigenvalue weighted by molar-refractivity contribution is -0.127. The number of carbonyl (C=O) groups is 2. The Balaban J connectivity index is 1.52. The van der Waals surface area contributed by atoms with Crippen LogP contribution in [-0.4, -0.2) is 28.9 Å². The molecule has 1 saturated carbocycles. The molecular formula is C24H25N3O2. The van der Waals surface area contributed by atoms with Gasteiger partial charge in [-0.3, -0.25) is 9.59 Å². The van der Waals surface area contributed by atoms with Crippen molar-refractivity contribution in [3.63, 3.8) is 0 Å². The van der Waals surface area contributed by atoms with Gasteiger partial charge in [-0.05, 0) is 42.5 Å². The number of allylic oxidation sites excluding steroid dienone is 1. The van der Waals surface area contributed by atoms with Crippen molar-refractivity contribution >= 4 is 28.3 Å². The molecule has 1 heterocycles. The molecule has 2 aromatic carbocycles. The fourth-order valence-corrected chi connectivity index (χ4v) is 3.45. The highest BCUT2D eigenvalue weighted by atomic mass is 16.2. The Bertz CT molecular complexity index is 1050. The predicted molar refractivity (Wildman–Crippen MR) is 115 cm³/mol. The molecule has 29 heavy (non-hydrogen) atoms. The molecule has 2 amide bonds. The molecule has 1 aliphatic carbocycles. The molecule has 0 unspecified atom stereocenters. The van der Waals surface area contributed by atoms with Crippen molar-refractivity contribution < 1.29 is 9.59 Å². The number of aromatic amines is 1. The van der Waals surface area contributed by atoms with Crippen molar-refractivity contribution in [2.24, 2.45) is 0 Å². The van der Waals surface area contributed by atoms with Gasteiger partial charge in [0.05, 0.1) is 0 Å². The third kappa shape index (κ3) is 4.74. The van der Waals surface area contributed by atoms with Crippen LogP contribution in [0.3, 0.4) is 0 Å². The third-order valence-corrected chi connectivity index (χ3v) is 5.23. The number of rotatable bonds is 7. The van der Waals surface area contributed by atoms with Gasteiger partial charge < -0.3 is 15.6 Å². The van der Waals surface area contributed by atoms with E-state index in [9.17, 15) is 9.59 Å². The molecule has 5 heteroatoms. The highest BCUT2D eigenvalue weighted by Gasteiger charge is 2.28. The van der Waals surface area contributed by atoms with Crippen LogP contribution in [0.15, 0.2) is 66.9 Å². The minimum Gasteiger partial charge on any atom is -0.361 e. The van der Waals surface area contributed by atoms with Crippen LogP contribution in [0.2, 0.25) is 0 Å². The zero-order valence-corrected chi connectivity index (χ0v) is 16.4. The Kier molecular flexibility index (Phi) is 5.47. The van der Waals surface area contributed by atoms with Crippen molar-refractivity contribution in [1.29, 1.82) is 0 Å². The number of hydrogen-bond donors (Lipinski definition) is 3. The summed E-state index contributed by atoms with van der Waals surface area (Å²) in [5.74, 6) is -0.390. The van der Waals surface area contributed by atoms with Gasteiger partial charge in [-0.25, -0.2) is 0 Å². The maximum Gasteiger partial charge on any atom is 0.244 e. The van der Waals surface area contributed by atoms with Gasteiger partial charge in [0.15, 0.2) is 0 Å². The molecule has 0 spiro atoms. The van der Waals surface area contributed by atoms with Crippen molar-refractivity contribution in [1.82, 2.24) is 15.6 Å². The Morgan fingerprint density at radius 3 is 2.59 bits per heavy atom. The van der Waals surface area contributed by atoms with E-state index in [2.05, 4.69) is 15.6 Å². The maximum atomic E-state index is 12.8. The quantitative estimate of drug-likeness (QED) is 0.542. The van der Waals surface area contributed by atoms with Crippen LogP contribution in [0.1, 0.15) is 30.9 Å². The first-order valence-corrected chi connectivity index (χ1v) is 10.00. The van der Waals surface area contributed by atoms with E-state index in [-0.39, 0.29) is 17.9 Å². The van der Waals surface area contributed by atoms with Gasteiger partial charge in [0.1, 0.15) is 6.04 Å². The van der Waals surface area contributed by atoms with Crippen LogP contribution in [0, 0.1) is 0 Å².